The number of anilines is 2. The lowest BCUT2D eigenvalue weighted by Gasteiger charge is -2.35. The van der Waals surface area contributed by atoms with Crippen LogP contribution in [0.25, 0.3) is 16.7 Å². The van der Waals surface area contributed by atoms with Crippen LogP contribution >= 0.6 is 0 Å². The van der Waals surface area contributed by atoms with Crippen molar-refractivity contribution in [3.63, 3.8) is 0 Å². The highest BCUT2D eigenvalue weighted by molar-refractivity contribution is 5.94. The molecule has 6 heteroatoms. The molecular weight excluding hydrogens is 386 g/mol. The lowest BCUT2D eigenvalue weighted by atomic mass is 9.94. The molecule has 4 heterocycles. The topological polar surface area (TPSA) is 56.9 Å². The van der Waals surface area contributed by atoms with Crippen LogP contribution in [0.5, 0.6) is 0 Å². The number of nitrogens with one attached hydrogen (secondary N) is 1. The zero-order valence-electron chi connectivity index (χ0n) is 17.8. The van der Waals surface area contributed by atoms with E-state index in [0.717, 1.165) is 60.8 Å². The molecule has 5 rings (SSSR count). The molecule has 0 bridgehead atoms. The summed E-state index contributed by atoms with van der Waals surface area (Å²) in [5, 5.41) is 3.36. The van der Waals surface area contributed by atoms with Gasteiger partial charge in [-0.3, -0.25) is 4.99 Å². The second-order valence-corrected chi connectivity index (χ2v) is 7.92. The number of benzene rings is 1. The molecule has 158 valence electrons. The Morgan fingerprint density at radius 3 is 2.71 bits per heavy atom. The van der Waals surface area contributed by atoms with Gasteiger partial charge in [-0.2, -0.15) is 0 Å². The van der Waals surface area contributed by atoms with Gasteiger partial charge >= 0.3 is 0 Å². The van der Waals surface area contributed by atoms with Gasteiger partial charge in [-0.25, -0.2) is 4.98 Å². The molecule has 2 aliphatic heterocycles. The summed E-state index contributed by atoms with van der Waals surface area (Å²) < 4.78 is 5.24. The van der Waals surface area contributed by atoms with Gasteiger partial charge in [0, 0.05) is 44.2 Å². The summed E-state index contributed by atoms with van der Waals surface area (Å²) in [7, 11) is 0. The van der Waals surface area contributed by atoms with Gasteiger partial charge in [0.1, 0.15) is 5.82 Å². The van der Waals surface area contributed by atoms with E-state index in [1.54, 1.807) is 12.5 Å². The Labute approximate surface area is 182 Å². The summed E-state index contributed by atoms with van der Waals surface area (Å²) in [6, 6.07) is 12.6. The van der Waals surface area contributed by atoms with Gasteiger partial charge in [0.2, 0.25) is 0 Å². The van der Waals surface area contributed by atoms with Crippen molar-refractivity contribution in [2.75, 3.05) is 49.5 Å². The van der Waals surface area contributed by atoms with Gasteiger partial charge in [0.05, 0.1) is 31.0 Å². The van der Waals surface area contributed by atoms with Gasteiger partial charge < -0.3 is 19.5 Å². The number of hydrogen-bond acceptors (Lipinski definition) is 6. The third-order valence-electron chi connectivity index (χ3n) is 6.07. The standard InChI is InChI=1S/C25H27N5O/c1-2-29-8-10-30(11-9-29)23-5-6-25(28-17-23)27-16-22-15-26-14-20-4-3-19(13-24(20)22)21-7-12-31-18-21/h3-7,12-14,16-18H,2,8-11,15H2,1H3,(H,27,28)/b22-16+. The van der Waals surface area contributed by atoms with E-state index in [9.17, 15) is 0 Å². The highest BCUT2D eigenvalue weighted by Crippen LogP contribution is 2.29. The maximum absolute atomic E-state index is 5.24. The lowest BCUT2D eigenvalue weighted by molar-refractivity contribution is 0.271. The third-order valence-corrected chi connectivity index (χ3v) is 6.07. The molecule has 0 spiro atoms. The molecule has 0 atom stereocenters. The Morgan fingerprint density at radius 2 is 1.97 bits per heavy atom. The molecule has 0 unspecified atom stereocenters. The van der Waals surface area contributed by atoms with E-state index >= 15 is 0 Å². The maximum atomic E-state index is 5.24. The molecule has 1 aromatic carbocycles. The number of fused-ring (bicyclic) bond motifs is 1. The summed E-state index contributed by atoms with van der Waals surface area (Å²) in [6.45, 7) is 8.34. The third kappa shape index (κ3) is 4.25. The van der Waals surface area contributed by atoms with Crippen molar-refractivity contribution in [2.24, 2.45) is 4.99 Å². The Kier molecular flexibility index (Phi) is 5.54. The van der Waals surface area contributed by atoms with E-state index in [4.69, 9.17) is 4.42 Å². The minimum Gasteiger partial charge on any atom is -0.472 e. The molecular formula is C25H27N5O. The predicted octanol–water partition coefficient (Wildman–Crippen LogP) is 4.37. The van der Waals surface area contributed by atoms with E-state index in [-0.39, 0.29) is 0 Å². The van der Waals surface area contributed by atoms with Crippen LogP contribution in [0.2, 0.25) is 0 Å². The van der Waals surface area contributed by atoms with Crippen LogP contribution in [-0.2, 0) is 0 Å². The fraction of sp³-hybridized carbons (Fsp3) is 0.280. The molecule has 2 aromatic heterocycles. The Bertz CT molecular complexity index is 1080. The van der Waals surface area contributed by atoms with Crippen molar-refractivity contribution >= 4 is 23.3 Å². The Morgan fingerprint density at radius 1 is 1.06 bits per heavy atom. The highest BCUT2D eigenvalue weighted by atomic mass is 16.3. The fourth-order valence-electron chi connectivity index (χ4n) is 4.15. The van der Waals surface area contributed by atoms with E-state index in [2.05, 4.69) is 56.3 Å². The fourth-order valence-corrected chi connectivity index (χ4v) is 4.15. The summed E-state index contributed by atoms with van der Waals surface area (Å²) >= 11 is 0. The van der Waals surface area contributed by atoms with Crippen molar-refractivity contribution in [2.45, 2.75) is 6.92 Å². The quantitative estimate of drug-likeness (QED) is 0.673. The van der Waals surface area contributed by atoms with Gasteiger partial charge in [-0.1, -0.05) is 19.1 Å². The summed E-state index contributed by atoms with van der Waals surface area (Å²) in [5.41, 5.74) is 6.86. The number of piperazine rings is 1. The Balaban J connectivity index is 1.30. The SMILES string of the molecule is CCN1CCN(c2ccc(N/C=C3\CN=Cc4ccc(-c5ccoc5)cc43)nc2)CC1. The monoisotopic (exact) mass is 413 g/mol. The first-order valence-electron chi connectivity index (χ1n) is 10.9. The summed E-state index contributed by atoms with van der Waals surface area (Å²) in [4.78, 5) is 14.0. The maximum Gasteiger partial charge on any atom is 0.129 e. The molecule has 0 radical (unpaired) electrons. The Hall–Kier alpha value is -3.38. The largest absolute Gasteiger partial charge is 0.472 e. The van der Waals surface area contributed by atoms with E-state index in [1.165, 1.54) is 11.3 Å². The van der Waals surface area contributed by atoms with Gasteiger partial charge in [-0.05, 0) is 53.1 Å². The molecule has 0 amide bonds. The minimum atomic E-state index is 0.647. The van der Waals surface area contributed by atoms with Crippen molar-refractivity contribution < 1.29 is 4.42 Å². The smallest absolute Gasteiger partial charge is 0.129 e. The molecule has 6 nitrogen and oxygen atoms in total. The van der Waals surface area contributed by atoms with Crippen LogP contribution in [-0.4, -0.2) is 55.4 Å². The number of hydrogen-bond donors (Lipinski definition) is 1. The molecule has 1 N–H and O–H groups in total. The van der Waals surface area contributed by atoms with Crippen molar-refractivity contribution in [1.82, 2.24) is 9.88 Å². The van der Waals surface area contributed by atoms with E-state index < -0.39 is 0 Å². The number of rotatable bonds is 5. The summed E-state index contributed by atoms with van der Waals surface area (Å²) in [6.07, 6.45) is 9.40. The molecule has 1 saturated heterocycles. The highest BCUT2D eigenvalue weighted by Gasteiger charge is 2.16. The number of likely N-dealkylation sites (N-methyl/N-ethyl adjacent to an activating group) is 1. The van der Waals surface area contributed by atoms with Crippen molar-refractivity contribution in [1.29, 1.82) is 0 Å². The van der Waals surface area contributed by atoms with Crippen LogP contribution < -0.4 is 10.2 Å². The average Bonchev–Trinajstić information content (AvgIpc) is 3.38. The summed E-state index contributed by atoms with van der Waals surface area (Å²) in [5.74, 6) is 0.838. The van der Waals surface area contributed by atoms with Crippen LogP contribution in [0.1, 0.15) is 18.1 Å². The number of pyridine rings is 1. The van der Waals surface area contributed by atoms with E-state index in [1.807, 2.05) is 30.7 Å². The molecule has 31 heavy (non-hydrogen) atoms. The van der Waals surface area contributed by atoms with Gasteiger partial charge in [0.15, 0.2) is 0 Å². The second-order valence-electron chi connectivity index (χ2n) is 7.92. The normalized spacial score (nSPS) is 17.7. The van der Waals surface area contributed by atoms with Gasteiger partial charge in [0.25, 0.3) is 0 Å². The zero-order valence-corrected chi connectivity index (χ0v) is 17.8. The van der Waals surface area contributed by atoms with Crippen LogP contribution in [0, 0.1) is 0 Å². The number of nitrogens with zero attached hydrogens (tertiary/aromatic N) is 4. The van der Waals surface area contributed by atoms with Crippen molar-refractivity contribution in [3.8, 4) is 11.1 Å². The van der Waals surface area contributed by atoms with Crippen LogP contribution in [0.4, 0.5) is 11.5 Å². The predicted molar refractivity (Wildman–Crippen MR) is 127 cm³/mol. The van der Waals surface area contributed by atoms with Crippen LogP contribution in [0.3, 0.4) is 0 Å². The average molecular weight is 414 g/mol. The van der Waals surface area contributed by atoms with Gasteiger partial charge in [-0.15, -0.1) is 0 Å². The molecule has 0 saturated carbocycles. The first-order chi connectivity index (χ1) is 15.3. The number of furan rings is 1. The molecule has 0 aliphatic carbocycles. The lowest BCUT2D eigenvalue weighted by Crippen LogP contribution is -2.46. The zero-order chi connectivity index (χ0) is 21.0. The van der Waals surface area contributed by atoms with Crippen LogP contribution in [0.15, 0.2) is 70.7 Å². The molecule has 3 aromatic rings. The van der Waals surface area contributed by atoms with Crippen molar-refractivity contribution in [3.05, 3.63) is 72.4 Å². The first kappa shape index (κ1) is 19.6. The van der Waals surface area contributed by atoms with E-state index in [0.29, 0.717) is 6.54 Å². The second kappa shape index (κ2) is 8.78. The minimum absolute atomic E-state index is 0.647. The molecule has 1 fully saturated rings. The number of aliphatic imine (C=N–C) groups is 1. The molecule has 2 aliphatic rings. The first-order valence-corrected chi connectivity index (χ1v) is 10.9. The number of aromatic nitrogens is 1.